The average molecular weight is 310 g/mol. The summed E-state index contributed by atoms with van der Waals surface area (Å²) in [7, 11) is 1.63. The Morgan fingerprint density at radius 3 is 2.67 bits per heavy atom. The zero-order valence-electron chi connectivity index (χ0n) is 12.1. The average Bonchev–Trinajstić information content (AvgIpc) is 2.62. The van der Waals surface area contributed by atoms with E-state index in [1.807, 2.05) is 12.1 Å². The zero-order valence-corrected chi connectivity index (χ0v) is 12.8. The Bertz CT molecular complexity index is 609. The monoisotopic (exact) mass is 309 g/mol. The number of ether oxygens (including phenoxy) is 2. The predicted octanol–water partition coefficient (Wildman–Crippen LogP) is 2.49. The third-order valence-electron chi connectivity index (χ3n) is 2.83. The van der Waals surface area contributed by atoms with Gasteiger partial charge in [-0.25, -0.2) is 4.79 Å². The summed E-state index contributed by atoms with van der Waals surface area (Å²) < 4.78 is 10.2. The van der Waals surface area contributed by atoms with E-state index in [-0.39, 0.29) is 11.7 Å². The molecule has 1 aliphatic heterocycles. The third-order valence-corrected chi connectivity index (χ3v) is 3.07. The molecule has 0 N–H and O–H groups in total. The standard InChI is InChI=1S/C15H16ClNO4/c1-15(2)20-12(14(19)21-15)8-13(18)17(3)9-10-5-4-6-11(16)7-10/h4-8H,9H2,1-3H3. The molecule has 0 bridgehead atoms. The molecule has 0 atom stereocenters. The van der Waals surface area contributed by atoms with E-state index in [0.29, 0.717) is 11.6 Å². The summed E-state index contributed by atoms with van der Waals surface area (Å²) in [4.78, 5) is 25.1. The number of hydrogen-bond donors (Lipinski definition) is 0. The lowest BCUT2D eigenvalue weighted by atomic mass is 10.2. The lowest BCUT2D eigenvalue weighted by Gasteiger charge is -2.16. The molecule has 1 aromatic carbocycles. The molecule has 1 aromatic rings. The van der Waals surface area contributed by atoms with Crippen LogP contribution in [0.2, 0.25) is 5.02 Å². The number of amides is 1. The predicted molar refractivity (Wildman–Crippen MR) is 77.3 cm³/mol. The zero-order chi connectivity index (χ0) is 15.6. The molecule has 5 nitrogen and oxygen atoms in total. The first kappa shape index (κ1) is 15.4. The number of hydrogen-bond acceptors (Lipinski definition) is 4. The van der Waals surface area contributed by atoms with E-state index in [4.69, 9.17) is 21.1 Å². The summed E-state index contributed by atoms with van der Waals surface area (Å²) in [6.07, 6.45) is 1.14. The Balaban J connectivity index is 2.05. The molecule has 1 heterocycles. The minimum absolute atomic E-state index is 0.0806. The summed E-state index contributed by atoms with van der Waals surface area (Å²) in [5, 5.41) is 0.608. The summed E-state index contributed by atoms with van der Waals surface area (Å²) in [5.74, 6) is -2.10. The number of carbonyl (C=O) groups excluding carboxylic acids is 2. The van der Waals surface area contributed by atoms with Crippen molar-refractivity contribution in [2.75, 3.05) is 7.05 Å². The maximum absolute atomic E-state index is 12.1. The first-order valence-corrected chi connectivity index (χ1v) is 6.78. The van der Waals surface area contributed by atoms with Crippen LogP contribution in [-0.4, -0.2) is 29.6 Å². The fourth-order valence-electron chi connectivity index (χ4n) is 1.90. The largest absolute Gasteiger partial charge is 0.445 e. The Morgan fingerprint density at radius 2 is 2.10 bits per heavy atom. The smallest absolute Gasteiger partial charge is 0.377 e. The summed E-state index contributed by atoms with van der Waals surface area (Å²) in [6, 6.07) is 7.22. The van der Waals surface area contributed by atoms with E-state index in [1.54, 1.807) is 33.0 Å². The van der Waals surface area contributed by atoms with Gasteiger partial charge in [-0.2, -0.15) is 0 Å². The van der Waals surface area contributed by atoms with Crippen LogP contribution < -0.4 is 0 Å². The summed E-state index contributed by atoms with van der Waals surface area (Å²) in [6.45, 7) is 3.58. The highest BCUT2D eigenvalue weighted by atomic mass is 35.5. The molecule has 1 saturated heterocycles. The van der Waals surface area contributed by atoms with Crippen molar-refractivity contribution in [3.05, 3.63) is 46.7 Å². The Hall–Kier alpha value is -2.01. The van der Waals surface area contributed by atoms with Gasteiger partial charge in [0.1, 0.15) is 0 Å². The van der Waals surface area contributed by atoms with Crippen molar-refractivity contribution >= 4 is 23.5 Å². The second-order valence-electron chi connectivity index (χ2n) is 5.22. The number of carbonyl (C=O) groups is 2. The van der Waals surface area contributed by atoms with Crippen LogP contribution in [-0.2, 0) is 25.6 Å². The van der Waals surface area contributed by atoms with E-state index in [0.717, 1.165) is 11.6 Å². The lowest BCUT2D eigenvalue weighted by molar-refractivity contribution is -0.159. The van der Waals surface area contributed by atoms with Crippen molar-refractivity contribution < 1.29 is 19.1 Å². The minimum atomic E-state index is -1.03. The highest BCUT2D eigenvalue weighted by Crippen LogP contribution is 2.26. The SMILES string of the molecule is CN(Cc1cccc(Cl)c1)C(=O)C=C1OC(C)(C)OC1=O. The van der Waals surface area contributed by atoms with Crippen molar-refractivity contribution in [1.29, 1.82) is 0 Å². The molecule has 0 saturated carbocycles. The number of benzene rings is 1. The van der Waals surface area contributed by atoms with Gasteiger partial charge in [0.25, 0.3) is 5.91 Å². The molecule has 0 aromatic heterocycles. The number of nitrogens with zero attached hydrogens (tertiary/aromatic N) is 1. The summed E-state index contributed by atoms with van der Waals surface area (Å²) in [5.41, 5.74) is 0.895. The normalized spacial score (nSPS) is 18.3. The number of halogens is 1. The molecule has 21 heavy (non-hydrogen) atoms. The van der Waals surface area contributed by atoms with Crippen LogP contribution >= 0.6 is 11.6 Å². The van der Waals surface area contributed by atoms with E-state index < -0.39 is 11.8 Å². The number of esters is 1. The molecular formula is C15H16ClNO4. The number of likely N-dealkylation sites (N-methyl/N-ethyl adjacent to an activating group) is 1. The quantitative estimate of drug-likeness (QED) is 0.636. The van der Waals surface area contributed by atoms with Gasteiger partial charge in [-0.1, -0.05) is 23.7 Å². The van der Waals surface area contributed by atoms with E-state index in [9.17, 15) is 9.59 Å². The maximum Gasteiger partial charge on any atom is 0.377 e. The molecule has 1 fully saturated rings. The summed E-state index contributed by atoms with van der Waals surface area (Å²) >= 11 is 5.90. The van der Waals surface area contributed by atoms with Gasteiger partial charge in [0.05, 0.1) is 6.08 Å². The van der Waals surface area contributed by atoms with Gasteiger partial charge < -0.3 is 14.4 Å². The van der Waals surface area contributed by atoms with Gasteiger partial charge in [-0.15, -0.1) is 0 Å². The van der Waals surface area contributed by atoms with Gasteiger partial charge in [-0.05, 0) is 17.7 Å². The Kier molecular flexibility index (Phi) is 4.23. The molecule has 1 amide bonds. The van der Waals surface area contributed by atoms with Crippen molar-refractivity contribution in [3.8, 4) is 0 Å². The third kappa shape index (κ3) is 3.98. The van der Waals surface area contributed by atoms with Crippen LogP contribution in [0.4, 0.5) is 0 Å². The van der Waals surface area contributed by atoms with Crippen LogP contribution in [0.25, 0.3) is 0 Å². The van der Waals surface area contributed by atoms with Crippen LogP contribution in [0.5, 0.6) is 0 Å². The Labute approximate surface area is 128 Å². The van der Waals surface area contributed by atoms with Gasteiger partial charge >= 0.3 is 5.97 Å². The molecule has 1 aliphatic rings. The highest BCUT2D eigenvalue weighted by molar-refractivity contribution is 6.30. The van der Waals surface area contributed by atoms with E-state index in [2.05, 4.69) is 0 Å². The molecule has 0 radical (unpaired) electrons. The van der Waals surface area contributed by atoms with Crippen LogP contribution in [0.15, 0.2) is 36.1 Å². The Morgan fingerprint density at radius 1 is 1.38 bits per heavy atom. The van der Waals surface area contributed by atoms with Crippen LogP contribution in [0.1, 0.15) is 19.4 Å². The molecule has 0 spiro atoms. The topological polar surface area (TPSA) is 55.8 Å². The molecule has 112 valence electrons. The molecule has 2 rings (SSSR count). The second kappa shape index (κ2) is 5.77. The minimum Gasteiger partial charge on any atom is -0.445 e. The lowest BCUT2D eigenvalue weighted by Crippen LogP contribution is -2.25. The van der Waals surface area contributed by atoms with Crippen LogP contribution in [0.3, 0.4) is 0 Å². The second-order valence-corrected chi connectivity index (χ2v) is 5.66. The molecular weight excluding hydrogens is 294 g/mol. The highest BCUT2D eigenvalue weighted by Gasteiger charge is 2.37. The van der Waals surface area contributed by atoms with Gasteiger partial charge in [0.15, 0.2) is 0 Å². The fraction of sp³-hybridized carbons (Fsp3) is 0.333. The maximum atomic E-state index is 12.1. The van der Waals surface area contributed by atoms with Gasteiger partial charge in [-0.3, -0.25) is 4.79 Å². The first-order chi connectivity index (χ1) is 9.77. The molecule has 0 unspecified atom stereocenters. The number of cyclic esters (lactones) is 1. The first-order valence-electron chi connectivity index (χ1n) is 6.40. The van der Waals surface area contributed by atoms with Gasteiger partial charge in [0.2, 0.25) is 11.5 Å². The van der Waals surface area contributed by atoms with Crippen molar-refractivity contribution in [2.45, 2.75) is 26.2 Å². The number of rotatable bonds is 3. The fourth-order valence-corrected chi connectivity index (χ4v) is 2.11. The van der Waals surface area contributed by atoms with Crippen molar-refractivity contribution in [2.24, 2.45) is 0 Å². The molecule has 6 heteroatoms. The van der Waals surface area contributed by atoms with Gasteiger partial charge in [0, 0.05) is 32.5 Å². The van der Waals surface area contributed by atoms with Crippen molar-refractivity contribution in [1.82, 2.24) is 4.90 Å². The van der Waals surface area contributed by atoms with Crippen LogP contribution in [0, 0.1) is 0 Å². The molecule has 0 aliphatic carbocycles. The van der Waals surface area contributed by atoms with E-state index >= 15 is 0 Å². The van der Waals surface area contributed by atoms with E-state index in [1.165, 1.54) is 4.90 Å². The van der Waals surface area contributed by atoms with Crippen molar-refractivity contribution in [3.63, 3.8) is 0 Å².